The van der Waals surface area contributed by atoms with Gasteiger partial charge in [-0.2, -0.15) is 4.98 Å². The van der Waals surface area contributed by atoms with Gasteiger partial charge in [-0.15, -0.1) is 0 Å². The third kappa shape index (κ3) is 5.27. The van der Waals surface area contributed by atoms with Gasteiger partial charge >= 0.3 is 0 Å². The van der Waals surface area contributed by atoms with Crippen molar-refractivity contribution in [3.05, 3.63) is 70.8 Å². The number of halogens is 2. The molecule has 35 heavy (non-hydrogen) atoms. The average molecular weight is 494 g/mol. The normalized spacial score (nSPS) is 13.8. The van der Waals surface area contributed by atoms with Crippen molar-refractivity contribution < 1.29 is 13.7 Å². The number of carbonyl (C=O) groups is 1. The number of rotatable bonds is 7. The molecule has 0 bridgehead atoms. The molecule has 0 spiro atoms. The van der Waals surface area contributed by atoms with E-state index in [1.807, 2.05) is 18.2 Å². The minimum Gasteiger partial charge on any atom is -0.356 e. The predicted octanol–water partition coefficient (Wildman–Crippen LogP) is 5.32. The molecule has 180 valence electrons. The Kier molecular flexibility index (Phi) is 6.90. The zero-order valence-corrected chi connectivity index (χ0v) is 19.9. The van der Waals surface area contributed by atoms with Gasteiger partial charge < -0.3 is 14.7 Å². The lowest BCUT2D eigenvalue weighted by molar-refractivity contribution is -0.121. The van der Waals surface area contributed by atoms with Crippen molar-refractivity contribution in [1.29, 1.82) is 0 Å². The summed E-state index contributed by atoms with van der Waals surface area (Å²) in [5.74, 6) is 0.844. The molecule has 3 heterocycles. The molecule has 1 fully saturated rings. The van der Waals surface area contributed by atoms with Crippen molar-refractivity contribution in [3.63, 3.8) is 0 Å². The first-order valence-corrected chi connectivity index (χ1v) is 12.1. The van der Waals surface area contributed by atoms with Crippen molar-refractivity contribution in [2.24, 2.45) is 0 Å². The maximum absolute atomic E-state index is 13.5. The largest absolute Gasteiger partial charge is 0.356 e. The zero-order valence-electron chi connectivity index (χ0n) is 19.1. The molecule has 0 aliphatic carbocycles. The molecule has 0 unspecified atom stereocenters. The van der Waals surface area contributed by atoms with Crippen LogP contribution in [0.4, 0.5) is 10.2 Å². The summed E-state index contributed by atoms with van der Waals surface area (Å²) < 4.78 is 19.1. The van der Waals surface area contributed by atoms with Gasteiger partial charge in [-0.25, -0.2) is 9.37 Å². The van der Waals surface area contributed by atoms with Crippen LogP contribution >= 0.6 is 11.6 Å². The summed E-state index contributed by atoms with van der Waals surface area (Å²) in [5.41, 5.74) is 2.55. The van der Waals surface area contributed by atoms with Gasteiger partial charge in [-0.1, -0.05) is 35.0 Å². The van der Waals surface area contributed by atoms with Gasteiger partial charge in [-0.3, -0.25) is 4.79 Å². The molecule has 0 saturated carbocycles. The van der Waals surface area contributed by atoms with Gasteiger partial charge in [0.15, 0.2) is 0 Å². The molecule has 4 aromatic rings. The molecule has 9 heteroatoms. The summed E-state index contributed by atoms with van der Waals surface area (Å²) in [6.07, 6.45) is 3.91. The van der Waals surface area contributed by atoms with E-state index < -0.39 is 0 Å². The van der Waals surface area contributed by atoms with E-state index in [1.54, 1.807) is 18.2 Å². The third-order valence-electron chi connectivity index (χ3n) is 6.15. The highest BCUT2D eigenvalue weighted by Crippen LogP contribution is 2.35. The van der Waals surface area contributed by atoms with Gasteiger partial charge in [0.1, 0.15) is 28.5 Å². The highest BCUT2D eigenvalue weighted by Gasteiger charge is 2.24. The van der Waals surface area contributed by atoms with Crippen LogP contribution in [-0.2, 0) is 17.8 Å². The van der Waals surface area contributed by atoms with Crippen LogP contribution in [0.5, 0.6) is 0 Å². The number of carbonyl (C=O) groups excluding carboxylic acids is 1. The fourth-order valence-electron chi connectivity index (χ4n) is 4.28. The first kappa shape index (κ1) is 23.2. The van der Waals surface area contributed by atoms with Crippen LogP contribution in [-0.4, -0.2) is 34.1 Å². The molecule has 0 radical (unpaired) electrons. The molecular formula is C26H25ClFN5O2. The molecule has 1 N–H and O–H groups in total. The van der Waals surface area contributed by atoms with Crippen molar-refractivity contribution in [1.82, 2.24) is 20.4 Å². The van der Waals surface area contributed by atoms with Crippen LogP contribution in [0.1, 0.15) is 37.1 Å². The van der Waals surface area contributed by atoms with Gasteiger partial charge in [0, 0.05) is 43.1 Å². The zero-order chi connectivity index (χ0) is 24.2. The van der Waals surface area contributed by atoms with Gasteiger partial charge in [0.25, 0.3) is 5.71 Å². The number of nitrogens with zero attached hydrogens (tertiary/aromatic N) is 4. The Labute approximate surface area is 207 Å². The Morgan fingerprint density at radius 2 is 1.83 bits per heavy atom. The predicted molar refractivity (Wildman–Crippen MR) is 133 cm³/mol. The molecule has 1 aliphatic heterocycles. The van der Waals surface area contributed by atoms with Crippen molar-refractivity contribution >= 4 is 34.4 Å². The molecule has 1 aliphatic rings. The maximum atomic E-state index is 13.5. The summed E-state index contributed by atoms with van der Waals surface area (Å²) in [4.78, 5) is 24.1. The minimum absolute atomic E-state index is 0.113. The van der Waals surface area contributed by atoms with Gasteiger partial charge in [0.2, 0.25) is 5.91 Å². The smallest absolute Gasteiger partial charge is 0.263 e. The monoisotopic (exact) mass is 493 g/mol. The van der Waals surface area contributed by atoms with Crippen LogP contribution < -0.4 is 10.2 Å². The number of amides is 1. The van der Waals surface area contributed by atoms with Crippen LogP contribution in [0, 0.1) is 5.82 Å². The molecule has 1 saturated heterocycles. The summed E-state index contributed by atoms with van der Waals surface area (Å²) in [6.45, 7) is 2.11. The van der Waals surface area contributed by atoms with E-state index in [0.717, 1.165) is 42.9 Å². The number of hydrogen-bond acceptors (Lipinski definition) is 6. The van der Waals surface area contributed by atoms with Crippen molar-refractivity contribution in [2.45, 2.75) is 38.6 Å². The van der Waals surface area contributed by atoms with Crippen molar-refractivity contribution in [2.75, 3.05) is 18.0 Å². The third-order valence-corrected chi connectivity index (χ3v) is 6.51. The average Bonchev–Trinajstić information content (AvgIpc) is 3.31. The van der Waals surface area contributed by atoms with E-state index in [0.29, 0.717) is 40.6 Å². The number of anilines is 1. The maximum Gasteiger partial charge on any atom is 0.263 e. The lowest BCUT2D eigenvalue weighted by Crippen LogP contribution is -2.30. The van der Waals surface area contributed by atoms with E-state index in [4.69, 9.17) is 21.1 Å². The van der Waals surface area contributed by atoms with Crippen LogP contribution in [0.15, 0.2) is 53.1 Å². The topological polar surface area (TPSA) is 84.2 Å². The molecule has 1 amide bonds. The Balaban J connectivity index is 1.38. The summed E-state index contributed by atoms with van der Waals surface area (Å²) in [6, 6.07) is 13.6. The second kappa shape index (κ2) is 10.4. The molecule has 2 aromatic heterocycles. The number of aromatic nitrogens is 3. The lowest BCUT2D eigenvalue weighted by Gasteiger charge is -2.28. The van der Waals surface area contributed by atoms with E-state index >= 15 is 0 Å². The fourth-order valence-corrected chi connectivity index (χ4v) is 4.48. The number of fused-ring (bicyclic) bond motifs is 1. The standard InChI is InChI=1S/C26H25ClFN5O2/c27-20-7-3-2-6-18(20)16-29-22(34)13-12-21-30-25(33-14-4-1-5-15-33)23-24(32-35-26(23)31-21)17-8-10-19(28)11-9-17/h2-3,6-11H,1,4-5,12-16H2,(H,29,34). The Morgan fingerprint density at radius 3 is 2.60 bits per heavy atom. The van der Waals surface area contributed by atoms with Crippen LogP contribution in [0.3, 0.4) is 0 Å². The fraction of sp³-hybridized carbons (Fsp3) is 0.308. The van der Waals surface area contributed by atoms with Gasteiger partial charge in [-0.05, 0) is 55.2 Å². The second-order valence-electron chi connectivity index (χ2n) is 8.60. The minimum atomic E-state index is -0.316. The highest BCUT2D eigenvalue weighted by molar-refractivity contribution is 6.31. The molecule has 5 rings (SSSR count). The molecular weight excluding hydrogens is 469 g/mol. The summed E-state index contributed by atoms with van der Waals surface area (Å²) >= 11 is 6.17. The van der Waals surface area contributed by atoms with Crippen LogP contribution in [0.2, 0.25) is 5.02 Å². The summed E-state index contributed by atoms with van der Waals surface area (Å²) in [5, 5.41) is 8.47. The summed E-state index contributed by atoms with van der Waals surface area (Å²) in [7, 11) is 0. The van der Waals surface area contributed by atoms with E-state index in [2.05, 4.69) is 20.4 Å². The number of benzene rings is 2. The number of hydrogen-bond donors (Lipinski definition) is 1. The highest BCUT2D eigenvalue weighted by atomic mass is 35.5. The van der Waals surface area contributed by atoms with Gasteiger partial charge in [0.05, 0.1) is 0 Å². The molecule has 7 nitrogen and oxygen atoms in total. The quantitative estimate of drug-likeness (QED) is 0.375. The Bertz CT molecular complexity index is 1340. The molecule has 2 aromatic carbocycles. The van der Waals surface area contributed by atoms with Crippen molar-refractivity contribution in [3.8, 4) is 11.3 Å². The second-order valence-corrected chi connectivity index (χ2v) is 9.00. The molecule has 0 atom stereocenters. The number of piperidine rings is 1. The lowest BCUT2D eigenvalue weighted by atomic mass is 10.1. The van der Waals surface area contributed by atoms with E-state index in [-0.39, 0.29) is 18.1 Å². The Hall–Kier alpha value is -3.52. The SMILES string of the molecule is O=C(CCc1nc(N2CCCCC2)c2c(-c3ccc(F)cc3)noc2n1)NCc1ccccc1Cl. The van der Waals surface area contributed by atoms with E-state index in [9.17, 15) is 9.18 Å². The number of nitrogens with one attached hydrogen (secondary N) is 1. The number of aryl methyl sites for hydroxylation is 1. The first-order valence-electron chi connectivity index (χ1n) is 11.8. The van der Waals surface area contributed by atoms with E-state index in [1.165, 1.54) is 18.6 Å². The Morgan fingerprint density at radius 1 is 1.06 bits per heavy atom. The first-order chi connectivity index (χ1) is 17.1. The van der Waals surface area contributed by atoms with Crippen LogP contribution in [0.25, 0.3) is 22.4 Å².